The van der Waals surface area contributed by atoms with E-state index in [1.54, 1.807) is 12.1 Å². The summed E-state index contributed by atoms with van der Waals surface area (Å²) in [7, 11) is 0. The molecule has 0 aliphatic heterocycles. The Morgan fingerprint density at radius 1 is 0.556 bits per heavy atom. The summed E-state index contributed by atoms with van der Waals surface area (Å²) < 4.78 is 0. The fourth-order valence-electron chi connectivity index (χ4n) is 7.10. The molecule has 0 bridgehead atoms. The number of carboxylic acids is 2. The third-order valence-corrected chi connectivity index (χ3v) is 11.7. The minimum atomic E-state index is -0.882. The van der Waals surface area contributed by atoms with E-state index in [9.17, 15) is 19.8 Å². The van der Waals surface area contributed by atoms with Crippen LogP contribution in [0, 0.1) is 0 Å². The summed E-state index contributed by atoms with van der Waals surface area (Å²) in [6.07, 6.45) is 17.1. The molecular weight excluding hydrogens is 597 g/mol. The molecule has 45 heavy (non-hydrogen) atoms. The van der Waals surface area contributed by atoms with E-state index >= 15 is 0 Å². The Kier molecular flexibility index (Phi) is 11.3. The Balaban J connectivity index is 1.57. The summed E-state index contributed by atoms with van der Waals surface area (Å²) in [6.45, 7) is 4.52. The first-order valence-corrected chi connectivity index (χ1v) is 18.5. The predicted molar refractivity (Wildman–Crippen MR) is 189 cm³/mol. The molecule has 2 N–H and O–H groups in total. The van der Waals surface area contributed by atoms with E-state index in [0.717, 1.165) is 46.6 Å². The average molecular weight is 643 g/mol. The van der Waals surface area contributed by atoms with Crippen molar-refractivity contribution in [2.24, 2.45) is 0 Å². The molecule has 2 aromatic carbocycles. The number of carbonyl (C=O) groups is 2. The van der Waals surface area contributed by atoms with Gasteiger partial charge in [0.25, 0.3) is 0 Å². The zero-order valence-electron chi connectivity index (χ0n) is 26.7. The molecule has 0 saturated heterocycles. The minimum Gasteiger partial charge on any atom is -0.477 e. The van der Waals surface area contributed by atoms with Gasteiger partial charge >= 0.3 is 11.9 Å². The number of hydrogen-bond acceptors (Lipinski definition) is 4. The smallest absolute Gasteiger partial charge is 0.345 e. The van der Waals surface area contributed by atoms with Gasteiger partial charge in [0.15, 0.2) is 0 Å². The summed E-state index contributed by atoms with van der Waals surface area (Å²) in [6, 6.07) is 20.8. The topological polar surface area (TPSA) is 74.6 Å². The molecule has 0 fully saturated rings. The SMILES string of the molecule is CCCCCCCCC1(CCCCCCCC)c2cc(-c3ccc(C(=O)O)s3)ccc2-c2ccc(-c3ccc(C(=O)O)s3)cc21. The van der Waals surface area contributed by atoms with Crippen LogP contribution in [0.25, 0.3) is 32.0 Å². The van der Waals surface area contributed by atoms with Crippen molar-refractivity contribution in [2.45, 2.75) is 109 Å². The lowest BCUT2D eigenvalue weighted by Gasteiger charge is -2.33. The summed E-state index contributed by atoms with van der Waals surface area (Å²) in [5.74, 6) is -1.76. The number of benzene rings is 2. The maximum atomic E-state index is 11.7. The fraction of sp³-hybridized carbons (Fsp3) is 0.436. The van der Waals surface area contributed by atoms with E-state index in [4.69, 9.17) is 0 Å². The van der Waals surface area contributed by atoms with E-state index in [1.807, 2.05) is 12.1 Å². The highest BCUT2D eigenvalue weighted by Crippen LogP contribution is 2.56. The maximum Gasteiger partial charge on any atom is 0.345 e. The molecule has 1 aliphatic rings. The Bertz CT molecular complexity index is 1490. The summed E-state index contributed by atoms with van der Waals surface area (Å²) >= 11 is 2.68. The maximum absolute atomic E-state index is 11.7. The van der Waals surface area contributed by atoms with Gasteiger partial charge in [0.05, 0.1) is 0 Å². The predicted octanol–water partition coefficient (Wildman–Crippen LogP) is 12.3. The van der Waals surface area contributed by atoms with Crippen LogP contribution >= 0.6 is 22.7 Å². The molecule has 1 aliphatic carbocycles. The standard InChI is InChI=1S/C39H46O4S2/c1-3-5-7-9-11-13-23-39(24-14-12-10-8-6-4-2)31-25-27(33-19-21-35(44-33)37(40)41)15-17-29(31)30-18-16-28(26-32(30)39)34-20-22-36(45-34)38(42)43/h15-22,25-26H,3-14,23-24H2,1-2H3,(H,40,41)(H,42,43). The Morgan fingerprint density at radius 3 is 1.33 bits per heavy atom. The second-order valence-corrected chi connectivity index (χ2v) is 14.7. The largest absolute Gasteiger partial charge is 0.477 e. The molecule has 4 nitrogen and oxygen atoms in total. The zero-order valence-corrected chi connectivity index (χ0v) is 28.3. The van der Waals surface area contributed by atoms with Gasteiger partial charge in [-0.1, -0.05) is 115 Å². The van der Waals surface area contributed by atoms with E-state index < -0.39 is 11.9 Å². The van der Waals surface area contributed by atoms with Crippen molar-refractivity contribution < 1.29 is 19.8 Å². The first-order chi connectivity index (χ1) is 21.9. The second-order valence-electron chi connectivity index (χ2n) is 12.6. The van der Waals surface area contributed by atoms with E-state index in [2.05, 4.69) is 50.2 Å². The molecule has 5 rings (SSSR count). The van der Waals surface area contributed by atoms with Gasteiger partial charge in [-0.2, -0.15) is 0 Å². The van der Waals surface area contributed by atoms with Crippen molar-refractivity contribution in [3.05, 3.63) is 81.5 Å². The minimum absolute atomic E-state index is 0.133. The van der Waals surface area contributed by atoms with Gasteiger partial charge in [-0.3, -0.25) is 0 Å². The van der Waals surface area contributed by atoms with Crippen LogP contribution in [0.1, 0.15) is 134 Å². The van der Waals surface area contributed by atoms with Gasteiger partial charge in [0, 0.05) is 15.2 Å². The molecular formula is C39H46O4S2. The molecule has 2 aromatic heterocycles. The highest BCUT2D eigenvalue weighted by molar-refractivity contribution is 7.17. The van der Waals surface area contributed by atoms with Crippen LogP contribution in [-0.2, 0) is 5.41 Å². The average Bonchev–Trinajstić information content (AvgIpc) is 3.79. The zero-order chi connectivity index (χ0) is 31.8. The van der Waals surface area contributed by atoms with Crippen molar-refractivity contribution in [3.63, 3.8) is 0 Å². The molecule has 0 radical (unpaired) electrons. The summed E-state index contributed by atoms with van der Waals surface area (Å²) in [4.78, 5) is 26.0. The number of unbranched alkanes of at least 4 members (excludes halogenated alkanes) is 10. The van der Waals surface area contributed by atoms with Crippen LogP contribution < -0.4 is 0 Å². The summed E-state index contributed by atoms with van der Waals surface area (Å²) in [5, 5.41) is 19.2. The first kappa shape index (κ1) is 33.2. The highest BCUT2D eigenvalue weighted by atomic mass is 32.1. The Labute approximate surface area is 276 Å². The molecule has 4 aromatic rings. The van der Waals surface area contributed by atoms with Gasteiger partial charge in [0.1, 0.15) is 9.75 Å². The normalized spacial score (nSPS) is 13.1. The molecule has 6 heteroatoms. The number of rotatable bonds is 18. The van der Waals surface area contributed by atoms with Gasteiger partial charge in [0.2, 0.25) is 0 Å². The fourth-order valence-corrected chi connectivity index (χ4v) is 8.78. The van der Waals surface area contributed by atoms with Gasteiger partial charge in [-0.15, -0.1) is 22.7 Å². The number of aromatic carboxylic acids is 2. The number of hydrogen-bond donors (Lipinski definition) is 2. The van der Waals surface area contributed by atoms with E-state index in [0.29, 0.717) is 9.75 Å². The molecule has 238 valence electrons. The molecule has 0 spiro atoms. The van der Waals surface area contributed by atoms with Crippen LogP contribution in [0.5, 0.6) is 0 Å². The van der Waals surface area contributed by atoms with Crippen LogP contribution in [-0.4, -0.2) is 22.2 Å². The summed E-state index contributed by atoms with van der Waals surface area (Å²) in [5.41, 5.74) is 7.34. The lowest BCUT2D eigenvalue weighted by molar-refractivity contribution is 0.0691. The molecule has 2 heterocycles. The molecule has 0 saturated carbocycles. The Morgan fingerprint density at radius 2 is 0.956 bits per heavy atom. The third kappa shape index (κ3) is 7.44. The van der Waals surface area contributed by atoms with Gasteiger partial charge < -0.3 is 10.2 Å². The van der Waals surface area contributed by atoms with Gasteiger partial charge in [-0.05, 0) is 82.6 Å². The van der Waals surface area contributed by atoms with Gasteiger partial charge in [-0.25, -0.2) is 9.59 Å². The molecule has 0 unspecified atom stereocenters. The van der Waals surface area contributed by atoms with E-state index in [1.165, 1.54) is 109 Å². The quantitative estimate of drug-likeness (QED) is 0.106. The number of thiophene rings is 2. The van der Waals surface area contributed by atoms with E-state index in [-0.39, 0.29) is 5.41 Å². The lowest BCUT2D eigenvalue weighted by Crippen LogP contribution is -2.25. The van der Waals surface area contributed by atoms with Crippen LogP contribution in [0.15, 0.2) is 60.7 Å². The monoisotopic (exact) mass is 642 g/mol. The Hall–Kier alpha value is -3.22. The number of carboxylic acid groups (broad SMARTS) is 2. The first-order valence-electron chi connectivity index (χ1n) is 16.8. The van der Waals surface area contributed by atoms with Crippen LogP contribution in [0.3, 0.4) is 0 Å². The van der Waals surface area contributed by atoms with Crippen molar-refractivity contribution in [3.8, 4) is 32.0 Å². The van der Waals surface area contributed by atoms with Crippen molar-refractivity contribution in [1.29, 1.82) is 0 Å². The molecule has 0 atom stereocenters. The van der Waals surface area contributed by atoms with Crippen molar-refractivity contribution >= 4 is 34.6 Å². The highest BCUT2D eigenvalue weighted by Gasteiger charge is 2.42. The second kappa shape index (κ2) is 15.4. The third-order valence-electron chi connectivity index (χ3n) is 9.48. The molecule has 0 amide bonds. The van der Waals surface area contributed by atoms with Crippen LogP contribution in [0.2, 0.25) is 0 Å². The van der Waals surface area contributed by atoms with Crippen molar-refractivity contribution in [2.75, 3.05) is 0 Å². The van der Waals surface area contributed by atoms with Crippen molar-refractivity contribution in [1.82, 2.24) is 0 Å². The van der Waals surface area contributed by atoms with Crippen LogP contribution in [0.4, 0.5) is 0 Å². The lowest BCUT2D eigenvalue weighted by atomic mass is 9.70. The number of fused-ring (bicyclic) bond motifs is 3.